The van der Waals surface area contributed by atoms with Crippen LogP contribution in [0.1, 0.15) is 33.1 Å². The van der Waals surface area contributed by atoms with Crippen LogP contribution in [-0.4, -0.2) is 22.3 Å². The summed E-state index contributed by atoms with van der Waals surface area (Å²) in [5, 5.41) is 17.3. The summed E-state index contributed by atoms with van der Waals surface area (Å²) in [7, 11) is 0. The largest absolute Gasteiger partial charge is 0.479 e. The molecule has 0 rings (SSSR count). The zero-order chi connectivity index (χ0) is 8.85. The van der Waals surface area contributed by atoms with E-state index in [1.807, 2.05) is 13.8 Å². The van der Waals surface area contributed by atoms with Gasteiger partial charge in [-0.3, -0.25) is 0 Å². The second-order valence-corrected chi connectivity index (χ2v) is 2.98. The number of hydrogen-bond donors (Lipinski definition) is 2. The Labute approximate surface area is 67.0 Å². The highest BCUT2D eigenvalue weighted by atomic mass is 16.4. The molecule has 66 valence electrons. The fraction of sp³-hybridized carbons (Fsp3) is 0.875. The molecule has 0 saturated heterocycles. The molecule has 0 heterocycles. The minimum Gasteiger partial charge on any atom is -0.479 e. The molecule has 1 unspecified atom stereocenters. The van der Waals surface area contributed by atoms with Crippen molar-refractivity contribution in [3.05, 3.63) is 0 Å². The van der Waals surface area contributed by atoms with Gasteiger partial charge in [-0.05, 0) is 12.3 Å². The van der Waals surface area contributed by atoms with Crippen LogP contribution in [0.15, 0.2) is 0 Å². The number of aliphatic hydroxyl groups excluding tert-OH is 1. The van der Waals surface area contributed by atoms with Crippen molar-refractivity contribution in [3.63, 3.8) is 0 Å². The molecule has 3 nitrogen and oxygen atoms in total. The highest BCUT2D eigenvalue weighted by Crippen LogP contribution is 2.12. The summed E-state index contributed by atoms with van der Waals surface area (Å²) >= 11 is 0. The van der Waals surface area contributed by atoms with E-state index in [0.717, 1.165) is 12.8 Å². The van der Waals surface area contributed by atoms with Gasteiger partial charge in [-0.2, -0.15) is 0 Å². The van der Waals surface area contributed by atoms with E-state index in [0.29, 0.717) is 12.3 Å². The van der Waals surface area contributed by atoms with Gasteiger partial charge < -0.3 is 10.2 Å². The Bertz CT molecular complexity index is 123. The number of aliphatic carboxylic acids is 1. The number of carboxylic acid groups (broad SMARTS) is 1. The zero-order valence-corrected chi connectivity index (χ0v) is 7.08. The lowest BCUT2D eigenvalue weighted by Crippen LogP contribution is -2.21. The fourth-order valence-electron chi connectivity index (χ4n) is 1.09. The highest BCUT2D eigenvalue weighted by Gasteiger charge is 2.15. The van der Waals surface area contributed by atoms with Crippen LogP contribution >= 0.6 is 0 Å². The Hall–Kier alpha value is -0.570. The smallest absolute Gasteiger partial charge is 0.332 e. The molecule has 2 atom stereocenters. The predicted molar refractivity (Wildman–Crippen MR) is 42.3 cm³/mol. The van der Waals surface area contributed by atoms with Crippen LogP contribution in [0.25, 0.3) is 0 Å². The second kappa shape index (κ2) is 5.13. The number of carboxylic acids is 1. The molecule has 0 spiro atoms. The summed E-state index contributed by atoms with van der Waals surface area (Å²) in [5.41, 5.74) is 0. The average Bonchev–Trinajstić information content (AvgIpc) is 1.87. The molecule has 11 heavy (non-hydrogen) atoms. The van der Waals surface area contributed by atoms with Gasteiger partial charge in [0, 0.05) is 0 Å². The summed E-state index contributed by atoms with van der Waals surface area (Å²) in [6.45, 7) is 4.00. The first kappa shape index (κ1) is 10.4. The molecule has 3 heteroatoms. The lowest BCUT2D eigenvalue weighted by Gasteiger charge is -2.11. The molecule has 0 aliphatic carbocycles. The van der Waals surface area contributed by atoms with Gasteiger partial charge in [0.15, 0.2) is 6.10 Å². The second-order valence-electron chi connectivity index (χ2n) is 2.98. The summed E-state index contributed by atoms with van der Waals surface area (Å²) in [6, 6.07) is 0. The fourth-order valence-corrected chi connectivity index (χ4v) is 1.09. The molecule has 0 aromatic heterocycles. The number of aliphatic hydroxyl groups is 1. The van der Waals surface area contributed by atoms with Crippen molar-refractivity contribution in [2.24, 2.45) is 5.92 Å². The van der Waals surface area contributed by atoms with E-state index in [9.17, 15) is 4.79 Å². The number of carbonyl (C=O) groups is 1. The van der Waals surface area contributed by atoms with Crippen LogP contribution in [0.5, 0.6) is 0 Å². The van der Waals surface area contributed by atoms with E-state index in [4.69, 9.17) is 10.2 Å². The van der Waals surface area contributed by atoms with E-state index in [-0.39, 0.29) is 0 Å². The minimum absolute atomic E-state index is 0.297. The summed E-state index contributed by atoms with van der Waals surface area (Å²) in [5.74, 6) is -0.820. The van der Waals surface area contributed by atoms with Crippen molar-refractivity contribution >= 4 is 5.97 Å². The van der Waals surface area contributed by atoms with Crippen LogP contribution in [0, 0.1) is 5.92 Å². The first-order valence-corrected chi connectivity index (χ1v) is 3.98. The Morgan fingerprint density at radius 1 is 1.55 bits per heavy atom. The molecular weight excluding hydrogens is 144 g/mol. The van der Waals surface area contributed by atoms with E-state index in [1.54, 1.807) is 0 Å². The molecule has 0 bridgehead atoms. The van der Waals surface area contributed by atoms with Gasteiger partial charge in [-0.1, -0.05) is 26.7 Å². The summed E-state index contributed by atoms with van der Waals surface area (Å²) in [4.78, 5) is 10.2. The van der Waals surface area contributed by atoms with Gasteiger partial charge in [0.1, 0.15) is 0 Å². The molecule has 0 aliphatic rings. The zero-order valence-electron chi connectivity index (χ0n) is 7.08. The van der Waals surface area contributed by atoms with Crippen LogP contribution in [0.4, 0.5) is 0 Å². The van der Waals surface area contributed by atoms with Crippen LogP contribution < -0.4 is 0 Å². The van der Waals surface area contributed by atoms with Gasteiger partial charge in [0.25, 0.3) is 0 Å². The number of rotatable bonds is 5. The van der Waals surface area contributed by atoms with Crippen molar-refractivity contribution in [1.29, 1.82) is 0 Å². The monoisotopic (exact) mass is 160 g/mol. The van der Waals surface area contributed by atoms with Crippen LogP contribution in [0.2, 0.25) is 0 Å². The first-order chi connectivity index (χ1) is 5.07. The van der Waals surface area contributed by atoms with Crippen LogP contribution in [0.3, 0.4) is 0 Å². The van der Waals surface area contributed by atoms with E-state index in [2.05, 4.69) is 0 Å². The van der Waals surface area contributed by atoms with Crippen molar-refractivity contribution in [1.82, 2.24) is 0 Å². The molecule has 2 N–H and O–H groups in total. The molecule has 0 radical (unpaired) electrons. The molecule has 0 saturated carbocycles. The molecule has 0 amide bonds. The molecular formula is C8H16O3. The van der Waals surface area contributed by atoms with Gasteiger partial charge in [0.2, 0.25) is 0 Å². The third kappa shape index (κ3) is 4.79. The van der Waals surface area contributed by atoms with E-state index in [1.165, 1.54) is 0 Å². The Morgan fingerprint density at radius 2 is 2.09 bits per heavy atom. The maximum absolute atomic E-state index is 10.2. The van der Waals surface area contributed by atoms with Crippen molar-refractivity contribution in [2.75, 3.05) is 0 Å². The topological polar surface area (TPSA) is 57.5 Å². The molecule has 0 aromatic rings. The maximum Gasteiger partial charge on any atom is 0.332 e. The quantitative estimate of drug-likeness (QED) is 0.636. The average molecular weight is 160 g/mol. The van der Waals surface area contributed by atoms with Gasteiger partial charge in [-0.15, -0.1) is 0 Å². The summed E-state index contributed by atoms with van der Waals surface area (Å²) in [6.07, 6.45) is 1.19. The highest BCUT2D eigenvalue weighted by molar-refractivity contribution is 5.71. The Morgan fingerprint density at radius 3 is 2.45 bits per heavy atom. The Balaban J connectivity index is 3.56. The molecule has 0 aliphatic heterocycles. The van der Waals surface area contributed by atoms with Crippen molar-refractivity contribution in [2.45, 2.75) is 39.2 Å². The molecule has 0 fully saturated rings. The third-order valence-electron chi connectivity index (χ3n) is 1.69. The lowest BCUT2D eigenvalue weighted by molar-refractivity contribution is -0.147. The van der Waals surface area contributed by atoms with Gasteiger partial charge in [0.05, 0.1) is 0 Å². The first-order valence-electron chi connectivity index (χ1n) is 3.98. The SMILES string of the molecule is CCCC(C)C[C@H](O)C(=O)O. The normalized spacial score (nSPS) is 15.9. The number of hydrogen-bond acceptors (Lipinski definition) is 2. The van der Waals surface area contributed by atoms with Gasteiger partial charge in [-0.25, -0.2) is 4.79 Å². The van der Waals surface area contributed by atoms with Crippen molar-refractivity contribution < 1.29 is 15.0 Å². The lowest BCUT2D eigenvalue weighted by atomic mass is 9.99. The Kier molecular flexibility index (Phi) is 4.86. The molecule has 0 aromatic carbocycles. The van der Waals surface area contributed by atoms with Gasteiger partial charge >= 0.3 is 5.97 Å². The predicted octanol–water partition coefficient (Wildman–Crippen LogP) is 1.26. The maximum atomic E-state index is 10.2. The van der Waals surface area contributed by atoms with E-state index < -0.39 is 12.1 Å². The minimum atomic E-state index is -1.18. The summed E-state index contributed by atoms with van der Waals surface area (Å²) < 4.78 is 0. The van der Waals surface area contributed by atoms with Crippen molar-refractivity contribution in [3.8, 4) is 0 Å². The van der Waals surface area contributed by atoms with Crippen LogP contribution in [-0.2, 0) is 4.79 Å². The third-order valence-corrected chi connectivity index (χ3v) is 1.69. The standard InChI is InChI=1S/C8H16O3/c1-3-4-6(2)5-7(9)8(10)11/h6-7,9H,3-5H2,1-2H3,(H,10,11)/t6?,7-/m0/s1. The van der Waals surface area contributed by atoms with E-state index >= 15 is 0 Å².